The third kappa shape index (κ3) is 8.38. The van der Waals surface area contributed by atoms with E-state index in [-0.39, 0.29) is 39.7 Å². The molecule has 3 aromatic rings. The first-order valence-electron chi connectivity index (χ1n) is 8.27. The molecule has 0 N–H and O–H groups in total. The molecule has 1 atom stereocenters. The number of fused-ring (bicyclic) bond motifs is 1. The molecule has 29 heavy (non-hydrogen) atoms. The summed E-state index contributed by atoms with van der Waals surface area (Å²) in [5.74, 6) is 0.560. The second-order valence-electron chi connectivity index (χ2n) is 6.15. The maximum atomic E-state index is 3.36. The molecule has 0 saturated heterocycles. The van der Waals surface area contributed by atoms with E-state index < -0.39 is 0 Å². The number of allylic oxidation sites excluding steroid dienone is 4. The Balaban J connectivity index is -0.000000404. The summed E-state index contributed by atoms with van der Waals surface area (Å²) in [4.78, 5) is 0. The van der Waals surface area contributed by atoms with Gasteiger partial charge in [-0.05, 0) is 10.8 Å². The van der Waals surface area contributed by atoms with E-state index in [2.05, 4.69) is 93.9 Å². The molecule has 1 unspecified atom stereocenters. The fraction of sp³-hybridized carbons (Fsp3) is 0.208. The van der Waals surface area contributed by atoms with Gasteiger partial charge in [0.15, 0.2) is 0 Å². The molecule has 1 aromatic heterocycles. The molecule has 1 aliphatic rings. The zero-order chi connectivity index (χ0) is 18.4. The summed E-state index contributed by atoms with van der Waals surface area (Å²) in [6.45, 7) is 11.7. The van der Waals surface area contributed by atoms with Gasteiger partial charge >= 0.3 is 30.2 Å². The molecule has 0 spiro atoms. The van der Waals surface area contributed by atoms with Gasteiger partial charge in [0.2, 0.25) is 0 Å². The molecule has 1 heterocycles. The van der Waals surface area contributed by atoms with E-state index in [0.717, 1.165) is 0 Å². The molecule has 0 nitrogen and oxygen atoms in total. The van der Waals surface area contributed by atoms with Crippen LogP contribution in [0, 0.1) is 26.8 Å². The minimum Gasteiger partial charge on any atom is -0.153 e. The van der Waals surface area contributed by atoms with Gasteiger partial charge in [0.05, 0.1) is 0 Å². The molecule has 0 amide bonds. The molecule has 2 radical (unpaired) electrons. The normalized spacial score (nSPS) is 13.8. The van der Waals surface area contributed by atoms with Gasteiger partial charge in [-0.25, -0.2) is 5.57 Å². The summed E-state index contributed by atoms with van der Waals surface area (Å²) in [6.07, 6.45) is 3.36. The molecule has 0 fully saturated rings. The first kappa shape index (κ1) is 33.3. The minimum absolute atomic E-state index is 0. The molecular weight excluding hydrogens is 511 g/mol. The van der Waals surface area contributed by atoms with Gasteiger partial charge < -0.3 is 14.9 Å². The molecule has 1 aliphatic carbocycles. The van der Waals surface area contributed by atoms with E-state index >= 15 is 0 Å². The zero-order valence-electron chi connectivity index (χ0n) is 18.0. The third-order valence-corrected chi connectivity index (χ3v) is 5.43. The van der Waals surface area contributed by atoms with Gasteiger partial charge in [0.25, 0.3) is 0 Å². The van der Waals surface area contributed by atoms with Crippen molar-refractivity contribution in [1.29, 1.82) is 0 Å². The van der Waals surface area contributed by atoms with E-state index in [4.69, 9.17) is 0 Å². The summed E-state index contributed by atoms with van der Waals surface area (Å²) in [5.41, 5.74) is 6.92. The van der Waals surface area contributed by atoms with Crippen molar-refractivity contribution in [3.05, 3.63) is 90.9 Å². The average Bonchev–Trinajstić information content (AvgIpc) is 3.35. The van der Waals surface area contributed by atoms with Crippen LogP contribution in [0.1, 0.15) is 27.7 Å². The van der Waals surface area contributed by atoms with Gasteiger partial charge in [-0.15, -0.1) is 78.4 Å². The van der Waals surface area contributed by atoms with Gasteiger partial charge in [-0.3, -0.25) is 6.08 Å². The molecule has 2 aromatic carbocycles. The van der Waals surface area contributed by atoms with E-state index in [1.807, 2.05) is 0 Å². The van der Waals surface area contributed by atoms with Crippen molar-refractivity contribution >= 4 is 53.8 Å². The Labute approximate surface area is 211 Å². The van der Waals surface area contributed by atoms with Crippen LogP contribution in [-0.4, -0.2) is 6.88 Å². The van der Waals surface area contributed by atoms with Gasteiger partial charge in [0, 0.05) is 0 Å². The van der Waals surface area contributed by atoms with Crippen LogP contribution < -0.4 is 0 Å². The van der Waals surface area contributed by atoms with Gasteiger partial charge in [-0.2, -0.15) is 22.5 Å². The number of rotatable bonds is 1. The molecule has 0 saturated carbocycles. The Bertz CT molecular complexity index is 895. The molecule has 5 heteroatoms. The number of thiophene rings is 1. The summed E-state index contributed by atoms with van der Waals surface area (Å²) in [6, 6.07) is 15.1. The largest absolute Gasteiger partial charge is 0.153 e. The second-order valence-corrected chi connectivity index (χ2v) is 6.93. The van der Waals surface area contributed by atoms with Crippen molar-refractivity contribution in [2.75, 3.05) is 0 Å². The van der Waals surface area contributed by atoms with Crippen molar-refractivity contribution < 1.29 is 23.3 Å². The summed E-state index contributed by atoms with van der Waals surface area (Å²) < 4.78 is 0. The van der Waals surface area contributed by atoms with Crippen LogP contribution in [0.4, 0.5) is 0 Å². The van der Waals surface area contributed by atoms with E-state index in [1.54, 1.807) is 11.3 Å². The zero-order valence-corrected chi connectivity index (χ0v) is 23.9. The Morgan fingerprint density at radius 3 is 2.10 bits per heavy atom. The fourth-order valence-electron chi connectivity index (χ4n) is 2.98. The number of hydrogen-bond donors (Lipinski definition) is 0. The van der Waals surface area contributed by atoms with Crippen LogP contribution in [0.25, 0.3) is 21.9 Å². The third-order valence-electron chi connectivity index (χ3n) is 4.75. The smallest absolute Gasteiger partial charge is 0.00956 e. The van der Waals surface area contributed by atoms with Crippen LogP contribution in [-0.2, 0) is 23.3 Å². The van der Waals surface area contributed by atoms with E-state index in [1.165, 1.54) is 62.0 Å². The van der Waals surface area contributed by atoms with E-state index in [9.17, 15) is 0 Å². The van der Waals surface area contributed by atoms with Crippen LogP contribution in [0.5, 0.6) is 0 Å². The Hall–Kier alpha value is -0.310. The minimum atomic E-state index is 0. The second kappa shape index (κ2) is 16.4. The molecule has 0 aliphatic heterocycles. The maximum absolute atomic E-state index is 3.36. The van der Waals surface area contributed by atoms with Crippen molar-refractivity contribution in [2.24, 2.45) is 5.92 Å². The topological polar surface area (TPSA) is 0 Å². The molecule has 0 bridgehead atoms. The van der Waals surface area contributed by atoms with Crippen LogP contribution >= 0.6 is 36.2 Å². The fourth-order valence-corrected chi connectivity index (χ4v) is 3.64. The van der Waals surface area contributed by atoms with Gasteiger partial charge in [0.1, 0.15) is 0 Å². The SMILES string of the molecule is CC1=[C-]C(C)C(C)=C1C.Cl.Cl.[CH3-].[CH3-].[Si]=[Zr].c1ccc2c(-c3ccsc3)c[cH-]c2c1. The van der Waals surface area contributed by atoms with Gasteiger partial charge in [-0.1, -0.05) is 44.4 Å². The Kier molecular flexibility index (Phi) is 18.8. The molecule has 158 valence electrons. The van der Waals surface area contributed by atoms with Crippen LogP contribution in [0.2, 0.25) is 0 Å². The number of halogens is 2. The summed E-state index contributed by atoms with van der Waals surface area (Å²) >= 11 is 3.10. The maximum Gasteiger partial charge on any atom is -0.00956 e. The van der Waals surface area contributed by atoms with Crippen LogP contribution in [0.15, 0.2) is 69.9 Å². The first-order valence-corrected chi connectivity index (χ1v) is 13.4. The quantitative estimate of drug-likeness (QED) is 0.215. The van der Waals surface area contributed by atoms with Crippen molar-refractivity contribution in [1.82, 2.24) is 0 Å². The average molecular weight is 541 g/mol. The van der Waals surface area contributed by atoms with Crippen molar-refractivity contribution in [3.8, 4) is 11.1 Å². The van der Waals surface area contributed by atoms with Crippen LogP contribution in [0.3, 0.4) is 0 Å². The Morgan fingerprint density at radius 1 is 1.03 bits per heavy atom. The summed E-state index contributed by atoms with van der Waals surface area (Å²) in [5, 5.41) is 7.00. The molecule has 4 rings (SSSR count). The van der Waals surface area contributed by atoms with E-state index in [0.29, 0.717) is 5.92 Å². The standard InChI is InChI=1S/C13H9S.C9H13.2CH3.2ClH.Si.Zr/c1-2-4-12-10(3-1)5-6-13(12)11-7-8-14-9-11;1-6-5-7(2)9(4)8(6)3;;;;;;/h1-9H;6H,1-4H3;2*1H3;2*1H;;/q4*-1;;;;. The first-order chi connectivity index (χ1) is 12.1. The predicted octanol–water partition coefficient (Wildman–Crippen LogP) is 8.37. The number of hydrogen-bond acceptors (Lipinski definition) is 1. The monoisotopic (exact) mass is 538 g/mol. The predicted molar refractivity (Wildman–Crippen MR) is 136 cm³/mol. The van der Waals surface area contributed by atoms with Crippen molar-refractivity contribution in [3.63, 3.8) is 0 Å². The Morgan fingerprint density at radius 2 is 1.66 bits per heavy atom. The summed E-state index contributed by atoms with van der Waals surface area (Å²) in [7, 11) is 0. The molecular formula is C24H30Cl2SSiZr-4. The van der Waals surface area contributed by atoms with Crippen molar-refractivity contribution in [2.45, 2.75) is 27.7 Å². The number of benzene rings is 1.